The molecule has 0 spiro atoms. The van der Waals surface area contributed by atoms with E-state index in [0.29, 0.717) is 11.3 Å². The molecule has 11 heavy (non-hydrogen) atoms. The molecule has 0 saturated carbocycles. The smallest absolute Gasteiger partial charge is 0.252 e. The maximum absolute atomic E-state index is 10.6. The van der Waals surface area contributed by atoms with Gasteiger partial charge in [-0.1, -0.05) is 0 Å². The van der Waals surface area contributed by atoms with Crippen LogP contribution in [0.5, 0.6) is 0 Å². The van der Waals surface area contributed by atoms with Gasteiger partial charge in [0.2, 0.25) is 5.91 Å². The Morgan fingerprint density at radius 3 is 2.73 bits per heavy atom. The highest BCUT2D eigenvalue weighted by Gasteiger charge is 2.23. The Kier molecular flexibility index (Phi) is 1.91. The molecule has 60 valence electrons. The predicted molar refractivity (Wildman–Crippen MR) is 37.8 cm³/mol. The zero-order chi connectivity index (χ0) is 8.43. The van der Waals surface area contributed by atoms with Crippen LogP contribution in [0.3, 0.4) is 0 Å². The summed E-state index contributed by atoms with van der Waals surface area (Å²) in [5, 5.41) is 2.48. The van der Waals surface area contributed by atoms with Gasteiger partial charge in [-0.05, 0) is 6.92 Å². The van der Waals surface area contributed by atoms with Crippen LogP contribution in [0.2, 0.25) is 0 Å². The maximum atomic E-state index is 10.6. The first-order valence-corrected chi connectivity index (χ1v) is 3.15. The van der Waals surface area contributed by atoms with Gasteiger partial charge in [0.1, 0.15) is 0 Å². The van der Waals surface area contributed by atoms with E-state index in [1.165, 1.54) is 0 Å². The molecule has 0 fully saturated rings. The zero-order valence-corrected chi connectivity index (χ0v) is 6.10. The molecule has 0 atom stereocenters. The van der Waals surface area contributed by atoms with Crippen molar-refractivity contribution in [1.82, 2.24) is 10.7 Å². The van der Waals surface area contributed by atoms with Crippen molar-refractivity contribution in [1.29, 1.82) is 0 Å². The summed E-state index contributed by atoms with van der Waals surface area (Å²) in [6.07, 6.45) is 0.147. The normalized spacial score (nSPS) is 15.6. The Labute approximate surface area is 63.6 Å². The van der Waals surface area contributed by atoms with Gasteiger partial charge >= 0.3 is 0 Å². The van der Waals surface area contributed by atoms with E-state index in [9.17, 15) is 9.59 Å². The molecule has 0 bridgehead atoms. The first-order valence-electron chi connectivity index (χ1n) is 3.15. The second-order valence-electron chi connectivity index (χ2n) is 2.30. The van der Waals surface area contributed by atoms with E-state index in [1.54, 1.807) is 6.92 Å². The third-order valence-electron chi connectivity index (χ3n) is 1.56. The molecule has 0 aromatic rings. The molecule has 4 N–H and O–H groups in total. The molecule has 0 unspecified atom stereocenters. The standard InChI is InChI=1S/C6H9N3O2/c1-3-4(8-6(3)11)2-5(10)9-7/h2,7H2,1H3,(H,8,11)(H,9,10). The summed E-state index contributed by atoms with van der Waals surface area (Å²) in [6, 6.07) is 0. The zero-order valence-electron chi connectivity index (χ0n) is 6.10. The summed E-state index contributed by atoms with van der Waals surface area (Å²) in [4.78, 5) is 21.2. The molecule has 5 nitrogen and oxygen atoms in total. The molecule has 0 radical (unpaired) electrons. The van der Waals surface area contributed by atoms with Gasteiger partial charge in [-0.2, -0.15) is 0 Å². The lowest BCUT2D eigenvalue weighted by Gasteiger charge is -2.20. The fourth-order valence-electron chi connectivity index (χ4n) is 0.787. The highest BCUT2D eigenvalue weighted by molar-refractivity contribution is 6.02. The number of nitrogens with one attached hydrogen (secondary N) is 2. The van der Waals surface area contributed by atoms with E-state index in [4.69, 9.17) is 5.84 Å². The summed E-state index contributed by atoms with van der Waals surface area (Å²) < 4.78 is 0. The third kappa shape index (κ3) is 1.38. The van der Waals surface area contributed by atoms with Gasteiger partial charge in [0.15, 0.2) is 0 Å². The highest BCUT2D eigenvalue weighted by atomic mass is 16.2. The van der Waals surface area contributed by atoms with Crippen molar-refractivity contribution in [3.63, 3.8) is 0 Å². The quantitative estimate of drug-likeness (QED) is 0.265. The van der Waals surface area contributed by atoms with Crippen LogP contribution in [-0.4, -0.2) is 11.8 Å². The SMILES string of the molecule is CC1=C(CC(=O)NN)NC1=O. The van der Waals surface area contributed by atoms with Crippen molar-refractivity contribution in [3.05, 3.63) is 11.3 Å². The Hall–Kier alpha value is -1.36. The third-order valence-corrected chi connectivity index (χ3v) is 1.56. The van der Waals surface area contributed by atoms with Crippen LogP contribution in [0, 0.1) is 0 Å². The fraction of sp³-hybridized carbons (Fsp3) is 0.333. The van der Waals surface area contributed by atoms with Crippen LogP contribution in [0.15, 0.2) is 11.3 Å². The highest BCUT2D eigenvalue weighted by Crippen LogP contribution is 2.14. The molecule has 1 heterocycles. The molecule has 1 rings (SSSR count). The van der Waals surface area contributed by atoms with E-state index in [1.807, 2.05) is 5.43 Å². The van der Waals surface area contributed by atoms with Crippen LogP contribution < -0.4 is 16.6 Å². The van der Waals surface area contributed by atoms with Gasteiger partial charge in [-0.3, -0.25) is 15.0 Å². The largest absolute Gasteiger partial charge is 0.325 e. The Morgan fingerprint density at radius 2 is 2.36 bits per heavy atom. The van der Waals surface area contributed by atoms with E-state index in [2.05, 4.69) is 5.32 Å². The van der Waals surface area contributed by atoms with Crippen LogP contribution in [0.4, 0.5) is 0 Å². The fourth-order valence-corrected chi connectivity index (χ4v) is 0.787. The van der Waals surface area contributed by atoms with Gasteiger partial charge in [0, 0.05) is 11.3 Å². The number of hydrogen-bond acceptors (Lipinski definition) is 3. The van der Waals surface area contributed by atoms with Crippen molar-refractivity contribution in [2.75, 3.05) is 0 Å². The number of nitrogens with two attached hydrogens (primary N) is 1. The molecular weight excluding hydrogens is 146 g/mol. The van der Waals surface area contributed by atoms with Crippen molar-refractivity contribution >= 4 is 11.8 Å². The van der Waals surface area contributed by atoms with E-state index < -0.39 is 0 Å². The molecule has 1 aliphatic rings. The average Bonchev–Trinajstić information content (AvgIpc) is 2.03. The monoisotopic (exact) mass is 155 g/mol. The van der Waals surface area contributed by atoms with E-state index >= 15 is 0 Å². The van der Waals surface area contributed by atoms with Gasteiger partial charge < -0.3 is 5.32 Å². The van der Waals surface area contributed by atoms with Crippen LogP contribution in [-0.2, 0) is 9.59 Å². The second kappa shape index (κ2) is 2.71. The van der Waals surface area contributed by atoms with Crippen LogP contribution in [0.25, 0.3) is 0 Å². The minimum atomic E-state index is -0.306. The van der Waals surface area contributed by atoms with Gasteiger partial charge in [-0.15, -0.1) is 0 Å². The lowest BCUT2D eigenvalue weighted by molar-refractivity contribution is -0.121. The maximum Gasteiger partial charge on any atom is 0.252 e. The lowest BCUT2D eigenvalue weighted by atomic mass is 10.1. The summed E-state index contributed by atoms with van der Waals surface area (Å²) in [5.41, 5.74) is 3.23. The second-order valence-corrected chi connectivity index (χ2v) is 2.30. The van der Waals surface area contributed by atoms with Gasteiger partial charge in [0.25, 0.3) is 5.91 Å². The van der Waals surface area contributed by atoms with Crippen molar-refractivity contribution in [2.45, 2.75) is 13.3 Å². The topological polar surface area (TPSA) is 84.2 Å². The molecular formula is C6H9N3O2. The van der Waals surface area contributed by atoms with Crippen LogP contribution >= 0.6 is 0 Å². The number of rotatable bonds is 2. The molecule has 0 aliphatic carbocycles. The number of hydrogen-bond donors (Lipinski definition) is 3. The summed E-state index contributed by atoms with van der Waals surface area (Å²) in [6.45, 7) is 1.66. The van der Waals surface area contributed by atoms with E-state index in [-0.39, 0.29) is 18.2 Å². The predicted octanol–water partition coefficient (Wildman–Crippen LogP) is -1.23. The Morgan fingerprint density at radius 1 is 1.73 bits per heavy atom. The first kappa shape index (κ1) is 7.74. The Balaban J connectivity index is 2.53. The average molecular weight is 155 g/mol. The molecule has 2 amide bonds. The summed E-state index contributed by atoms with van der Waals surface area (Å²) >= 11 is 0. The molecule has 1 aliphatic heterocycles. The summed E-state index contributed by atoms with van der Waals surface area (Å²) in [5.74, 6) is 4.42. The van der Waals surface area contributed by atoms with Gasteiger partial charge in [-0.25, -0.2) is 5.84 Å². The van der Waals surface area contributed by atoms with Crippen LogP contribution in [0.1, 0.15) is 13.3 Å². The van der Waals surface area contributed by atoms with Gasteiger partial charge in [0.05, 0.1) is 6.42 Å². The van der Waals surface area contributed by atoms with E-state index in [0.717, 1.165) is 0 Å². The number of carbonyl (C=O) groups is 2. The number of hydrazine groups is 1. The lowest BCUT2D eigenvalue weighted by Crippen LogP contribution is -2.40. The number of amides is 2. The first-order chi connectivity index (χ1) is 5.15. The summed E-state index contributed by atoms with van der Waals surface area (Å²) in [7, 11) is 0. The van der Waals surface area contributed by atoms with Crippen molar-refractivity contribution < 1.29 is 9.59 Å². The minimum Gasteiger partial charge on any atom is -0.325 e. The number of carbonyl (C=O) groups excluding carboxylic acids is 2. The van der Waals surface area contributed by atoms with Crippen molar-refractivity contribution in [2.24, 2.45) is 5.84 Å². The van der Waals surface area contributed by atoms with Crippen molar-refractivity contribution in [3.8, 4) is 0 Å². The molecule has 5 heteroatoms. The molecule has 0 saturated heterocycles. The minimum absolute atomic E-state index is 0.121. The molecule has 0 aromatic carbocycles. The Bertz CT molecular complexity index is 244. The molecule has 0 aromatic heterocycles.